The van der Waals surface area contributed by atoms with Crippen molar-refractivity contribution in [2.24, 2.45) is 5.73 Å². The topological polar surface area (TPSA) is 53.7 Å². The van der Waals surface area contributed by atoms with Gasteiger partial charge in [0.1, 0.15) is 0 Å². The molecule has 0 aromatic rings. The molecule has 0 rings (SSSR count). The van der Waals surface area contributed by atoms with E-state index in [9.17, 15) is 0 Å². The summed E-state index contributed by atoms with van der Waals surface area (Å²) >= 11 is 0. The lowest BCUT2D eigenvalue weighted by Crippen LogP contribution is -2.47. The molecule has 0 bridgehead atoms. The van der Waals surface area contributed by atoms with Gasteiger partial charge in [0.2, 0.25) is 0 Å². The van der Waals surface area contributed by atoms with Crippen molar-refractivity contribution < 1.29 is 13.3 Å². The Hall–Kier alpha value is 0.0569. The highest BCUT2D eigenvalue weighted by molar-refractivity contribution is 6.60. The first-order valence-corrected chi connectivity index (χ1v) is 9.39. The summed E-state index contributed by atoms with van der Waals surface area (Å²) in [6.45, 7) is 4.41. The molecule has 0 saturated heterocycles. The molecule has 0 fully saturated rings. The van der Waals surface area contributed by atoms with Crippen LogP contribution in [0, 0.1) is 0 Å². The van der Waals surface area contributed by atoms with Gasteiger partial charge in [0.15, 0.2) is 0 Å². The summed E-state index contributed by atoms with van der Waals surface area (Å²) in [4.78, 5) is 0. The van der Waals surface area contributed by atoms with Gasteiger partial charge in [0.05, 0.1) is 0 Å². The number of hydrogen-bond donors (Lipinski definition) is 1. The first-order chi connectivity index (χ1) is 9.01. The first-order valence-electron chi connectivity index (χ1n) is 7.45. The van der Waals surface area contributed by atoms with E-state index in [1.54, 1.807) is 21.3 Å². The lowest BCUT2D eigenvalue weighted by Gasteiger charge is -2.33. The zero-order valence-electron chi connectivity index (χ0n) is 13.5. The normalized spacial score (nSPS) is 12.9. The maximum absolute atomic E-state index is 6.60. The summed E-state index contributed by atoms with van der Waals surface area (Å²) in [5.41, 5.74) is 6.50. The molecule has 19 heavy (non-hydrogen) atoms. The largest absolute Gasteiger partial charge is 0.500 e. The Morgan fingerprint density at radius 3 is 1.58 bits per heavy atom. The average molecular weight is 292 g/mol. The van der Waals surface area contributed by atoms with Crippen LogP contribution in [-0.2, 0) is 13.3 Å². The molecule has 0 atom stereocenters. The molecule has 0 aliphatic carbocycles. The SMILES string of the molecule is CCCCC(N)(CCCC)CC[Si](OC)(OC)OC. The third-order valence-corrected chi connectivity index (χ3v) is 6.65. The van der Waals surface area contributed by atoms with E-state index < -0.39 is 8.80 Å². The fraction of sp³-hybridized carbons (Fsp3) is 1.00. The minimum atomic E-state index is -2.49. The standard InChI is InChI=1S/C14H33NO3Si/c1-6-8-10-14(15,11-9-7-2)12-13-19(16-3,17-4)18-5/h6-13,15H2,1-5H3. The van der Waals surface area contributed by atoms with Crippen molar-refractivity contribution in [3.63, 3.8) is 0 Å². The molecule has 0 saturated carbocycles. The van der Waals surface area contributed by atoms with E-state index in [1.807, 2.05) is 0 Å². The monoisotopic (exact) mass is 291 g/mol. The molecule has 0 unspecified atom stereocenters. The van der Waals surface area contributed by atoms with Crippen LogP contribution in [0.15, 0.2) is 0 Å². The smallest absolute Gasteiger partial charge is 0.377 e. The van der Waals surface area contributed by atoms with E-state index in [1.165, 1.54) is 25.7 Å². The van der Waals surface area contributed by atoms with Gasteiger partial charge in [-0.05, 0) is 19.3 Å². The van der Waals surface area contributed by atoms with Crippen LogP contribution in [0.1, 0.15) is 58.8 Å². The highest BCUT2D eigenvalue weighted by Crippen LogP contribution is 2.28. The fourth-order valence-corrected chi connectivity index (χ4v) is 4.31. The van der Waals surface area contributed by atoms with Gasteiger partial charge in [0.25, 0.3) is 0 Å². The molecule has 2 N–H and O–H groups in total. The second-order valence-corrected chi connectivity index (χ2v) is 8.46. The Morgan fingerprint density at radius 2 is 1.26 bits per heavy atom. The van der Waals surface area contributed by atoms with Crippen LogP contribution in [0.3, 0.4) is 0 Å². The molecule has 0 radical (unpaired) electrons. The van der Waals surface area contributed by atoms with E-state index in [2.05, 4.69) is 13.8 Å². The minimum absolute atomic E-state index is 0.0974. The second kappa shape index (κ2) is 9.88. The second-order valence-electron chi connectivity index (χ2n) is 5.36. The lowest BCUT2D eigenvalue weighted by atomic mass is 9.86. The Balaban J connectivity index is 4.53. The van der Waals surface area contributed by atoms with Crippen molar-refractivity contribution in [3.8, 4) is 0 Å². The van der Waals surface area contributed by atoms with Crippen molar-refractivity contribution in [1.82, 2.24) is 0 Å². The Kier molecular flexibility index (Phi) is 9.91. The first kappa shape index (κ1) is 19.1. The van der Waals surface area contributed by atoms with E-state index in [4.69, 9.17) is 19.0 Å². The van der Waals surface area contributed by atoms with Crippen LogP contribution >= 0.6 is 0 Å². The maximum Gasteiger partial charge on any atom is 0.500 e. The van der Waals surface area contributed by atoms with Crippen LogP contribution in [0.5, 0.6) is 0 Å². The van der Waals surface area contributed by atoms with Gasteiger partial charge in [-0.25, -0.2) is 0 Å². The zero-order chi connectivity index (χ0) is 14.8. The Bertz CT molecular complexity index is 206. The number of rotatable bonds is 12. The van der Waals surface area contributed by atoms with Gasteiger partial charge in [-0.15, -0.1) is 0 Å². The lowest BCUT2D eigenvalue weighted by molar-refractivity contribution is 0.119. The molecule has 0 aliphatic rings. The van der Waals surface area contributed by atoms with Crippen molar-refractivity contribution in [2.45, 2.75) is 70.4 Å². The third-order valence-electron chi connectivity index (χ3n) is 3.92. The Labute approximate surface area is 120 Å². The molecular weight excluding hydrogens is 258 g/mol. The number of nitrogens with two attached hydrogens (primary N) is 1. The van der Waals surface area contributed by atoms with Crippen LogP contribution in [0.2, 0.25) is 6.04 Å². The quantitative estimate of drug-likeness (QED) is 0.560. The van der Waals surface area contributed by atoms with Crippen molar-refractivity contribution in [3.05, 3.63) is 0 Å². The van der Waals surface area contributed by atoms with E-state index in [0.717, 1.165) is 25.3 Å². The summed E-state index contributed by atoms with van der Waals surface area (Å²) in [6, 6.07) is 0.792. The molecular formula is C14H33NO3Si. The molecule has 0 heterocycles. The highest BCUT2D eigenvalue weighted by Gasteiger charge is 2.40. The molecule has 0 aliphatic heterocycles. The molecule has 0 aromatic carbocycles. The van der Waals surface area contributed by atoms with E-state index in [0.29, 0.717) is 0 Å². The molecule has 0 aromatic heterocycles. The molecule has 0 amide bonds. The molecule has 5 heteroatoms. The summed E-state index contributed by atoms with van der Waals surface area (Å²) in [5, 5.41) is 0. The predicted octanol–water partition coefficient (Wildman–Crippen LogP) is 3.33. The van der Waals surface area contributed by atoms with Gasteiger partial charge >= 0.3 is 8.80 Å². The van der Waals surface area contributed by atoms with Crippen LogP contribution in [0.25, 0.3) is 0 Å². The van der Waals surface area contributed by atoms with Crippen molar-refractivity contribution in [1.29, 1.82) is 0 Å². The summed E-state index contributed by atoms with van der Waals surface area (Å²) in [6.07, 6.45) is 7.80. The molecule has 116 valence electrons. The third kappa shape index (κ3) is 6.86. The summed E-state index contributed by atoms with van der Waals surface area (Å²) in [5.74, 6) is 0. The molecule has 0 spiro atoms. The van der Waals surface area contributed by atoms with Gasteiger partial charge in [-0.3, -0.25) is 0 Å². The van der Waals surface area contributed by atoms with Gasteiger partial charge in [-0.1, -0.05) is 39.5 Å². The van der Waals surface area contributed by atoms with Crippen LogP contribution in [0.4, 0.5) is 0 Å². The van der Waals surface area contributed by atoms with Crippen LogP contribution < -0.4 is 5.73 Å². The van der Waals surface area contributed by atoms with Gasteiger partial charge < -0.3 is 19.0 Å². The maximum atomic E-state index is 6.60. The van der Waals surface area contributed by atoms with Gasteiger partial charge in [0, 0.05) is 32.9 Å². The fourth-order valence-electron chi connectivity index (χ4n) is 2.39. The zero-order valence-corrected chi connectivity index (χ0v) is 14.5. The predicted molar refractivity (Wildman–Crippen MR) is 82.2 cm³/mol. The minimum Gasteiger partial charge on any atom is -0.377 e. The van der Waals surface area contributed by atoms with E-state index >= 15 is 0 Å². The average Bonchev–Trinajstić information content (AvgIpc) is 2.45. The van der Waals surface area contributed by atoms with Crippen LogP contribution in [-0.4, -0.2) is 35.7 Å². The number of hydrogen-bond acceptors (Lipinski definition) is 4. The van der Waals surface area contributed by atoms with Gasteiger partial charge in [-0.2, -0.15) is 0 Å². The highest BCUT2D eigenvalue weighted by atomic mass is 28.4. The van der Waals surface area contributed by atoms with Crippen molar-refractivity contribution >= 4 is 8.80 Å². The number of unbranched alkanes of at least 4 members (excludes halogenated alkanes) is 2. The summed E-state index contributed by atoms with van der Waals surface area (Å²) in [7, 11) is 2.50. The van der Waals surface area contributed by atoms with E-state index in [-0.39, 0.29) is 5.54 Å². The Morgan fingerprint density at radius 1 is 0.842 bits per heavy atom. The van der Waals surface area contributed by atoms with Crippen molar-refractivity contribution in [2.75, 3.05) is 21.3 Å². The summed E-state index contributed by atoms with van der Waals surface area (Å²) < 4.78 is 16.4. The molecule has 4 nitrogen and oxygen atoms in total.